The van der Waals surface area contributed by atoms with E-state index in [0.29, 0.717) is 24.8 Å². The zero-order chi connectivity index (χ0) is 16.8. The topological polar surface area (TPSA) is 38.3 Å². The minimum absolute atomic E-state index is 0.144. The van der Waals surface area contributed by atoms with Crippen molar-refractivity contribution in [2.45, 2.75) is 31.6 Å². The van der Waals surface area contributed by atoms with Crippen LogP contribution in [0.25, 0.3) is 0 Å². The van der Waals surface area contributed by atoms with Crippen LogP contribution in [0.5, 0.6) is 5.75 Å². The highest BCUT2D eigenvalue weighted by Crippen LogP contribution is 2.44. The molecule has 1 fully saturated rings. The third kappa shape index (κ3) is 4.38. The Labute approximate surface area is 144 Å². The van der Waals surface area contributed by atoms with Crippen LogP contribution >= 0.6 is 0 Å². The van der Waals surface area contributed by atoms with Crippen molar-refractivity contribution in [1.82, 2.24) is 5.32 Å². The molecular weight excluding hydrogens is 298 g/mol. The van der Waals surface area contributed by atoms with Gasteiger partial charge in [-0.15, -0.1) is 0 Å². The van der Waals surface area contributed by atoms with E-state index in [-0.39, 0.29) is 5.91 Å². The van der Waals surface area contributed by atoms with E-state index >= 15 is 0 Å². The summed E-state index contributed by atoms with van der Waals surface area (Å²) in [5.41, 5.74) is 2.42. The number of carbonyl (C=O) groups excluding carboxylic acids is 1. The number of carbonyl (C=O) groups is 1. The molecule has 0 heterocycles. The molecule has 0 spiro atoms. The van der Waals surface area contributed by atoms with E-state index in [1.165, 1.54) is 18.4 Å². The second-order valence-corrected chi connectivity index (χ2v) is 6.47. The van der Waals surface area contributed by atoms with E-state index < -0.39 is 0 Å². The monoisotopic (exact) mass is 323 g/mol. The summed E-state index contributed by atoms with van der Waals surface area (Å²) in [5.74, 6) is 2.06. The summed E-state index contributed by atoms with van der Waals surface area (Å²) in [7, 11) is 1.68. The molecule has 1 unspecified atom stereocenters. The fraction of sp³-hybridized carbons (Fsp3) is 0.381. The average Bonchev–Trinajstić information content (AvgIpc) is 3.46. The largest absolute Gasteiger partial charge is 0.496 e. The highest BCUT2D eigenvalue weighted by Gasteiger charge is 2.33. The molecule has 0 bridgehead atoms. The third-order valence-electron chi connectivity index (χ3n) is 4.73. The maximum atomic E-state index is 12.4. The van der Waals surface area contributed by atoms with Crippen LogP contribution in [0.4, 0.5) is 0 Å². The summed E-state index contributed by atoms with van der Waals surface area (Å²) in [6.45, 7) is 0.644. The molecule has 1 amide bonds. The van der Waals surface area contributed by atoms with Crippen LogP contribution in [0.3, 0.4) is 0 Å². The maximum Gasteiger partial charge on any atom is 0.220 e. The van der Waals surface area contributed by atoms with Crippen molar-refractivity contribution < 1.29 is 9.53 Å². The Balaban J connectivity index is 1.51. The molecule has 1 aliphatic carbocycles. The minimum atomic E-state index is 0.144. The number of amides is 1. The Hall–Kier alpha value is -2.29. The number of nitrogens with one attached hydrogen (secondary N) is 1. The molecule has 3 rings (SSSR count). The van der Waals surface area contributed by atoms with Crippen molar-refractivity contribution in [2.75, 3.05) is 13.7 Å². The molecule has 0 radical (unpaired) electrons. The second-order valence-electron chi connectivity index (χ2n) is 6.47. The van der Waals surface area contributed by atoms with Gasteiger partial charge in [-0.1, -0.05) is 48.5 Å². The van der Waals surface area contributed by atoms with E-state index in [2.05, 4.69) is 29.6 Å². The lowest BCUT2D eigenvalue weighted by Gasteiger charge is -2.16. The zero-order valence-electron chi connectivity index (χ0n) is 14.2. The van der Waals surface area contributed by atoms with Gasteiger partial charge < -0.3 is 10.1 Å². The first-order chi connectivity index (χ1) is 11.8. The predicted molar refractivity (Wildman–Crippen MR) is 96.2 cm³/mol. The number of para-hydroxylation sites is 1. The van der Waals surface area contributed by atoms with Gasteiger partial charge in [-0.3, -0.25) is 4.79 Å². The molecule has 1 aliphatic rings. The lowest BCUT2D eigenvalue weighted by atomic mass is 9.91. The third-order valence-corrected chi connectivity index (χ3v) is 4.73. The van der Waals surface area contributed by atoms with Crippen molar-refractivity contribution in [3.63, 3.8) is 0 Å². The van der Waals surface area contributed by atoms with Crippen LogP contribution in [-0.4, -0.2) is 19.6 Å². The van der Waals surface area contributed by atoms with Gasteiger partial charge in [-0.05, 0) is 48.3 Å². The summed E-state index contributed by atoms with van der Waals surface area (Å²) in [4.78, 5) is 12.4. The molecule has 2 aromatic rings. The van der Waals surface area contributed by atoms with Crippen LogP contribution in [0.1, 0.15) is 36.3 Å². The normalized spacial score (nSPS) is 14.9. The SMILES string of the molecule is COc1ccccc1CCNC(=O)CC(c1ccccc1)C1CC1. The number of hydrogen-bond donors (Lipinski definition) is 1. The van der Waals surface area contributed by atoms with Crippen molar-refractivity contribution in [3.05, 3.63) is 65.7 Å². The van der Waals surface area contributed by atoms with Crippen molar-refractivity contribution >= 4 is 5.91 Å². The fourth-order valence-electron chi connectivity index (χ4n) is 3.27. The summed E-state index contributed by atoms with van der Waals surface area (Å²) in [6.07, 6.45) is 3.86. The molecule has 126 valence electrons. The molecule has 24 heavy (non-hydrogen) atoms. The zero-order valence-corrected chi connectivity index (χ0v) is 14.2. The molecule has 3 nitrogen and oxygen atoms in total. The highest BCUT2D eigenvalue weighted by molar-refractivity contribution is 5.77. The molecule has 1 saturated carbocycles. The number of rotatable bonds is 8. The Morgan fingerprint density at radius 2 is 1.83 bits per heavy atom. The number of methoxy groups -OCH3 is 1. The molecule has 1 atom stereocenters. The number of ether oxygens (including phenoxy) is 1. The Morgan fingerprint density at radius 1 is 1.12 bits per heavy atom. The summed E-state index contributed by atoms with van der Waals surface area (Å²) in [5, 5.41) is 3.07. The molecule has 1 N–H and O–H groups in total. The molecule has 2 aromatic carbocycles. The first-order valence-corrected chi connectivity index (χ1v) is 8.71. The second kappa shape index (κ2) is 8.00. The first-order valence-electron chi connectivity index (χ1n) is 8.71. The smallest absolute Gasteiger partial charge is 0.220 e. The van der Waals surface area contributed by atoms with Gasteiger partial charge in [0.2, 0.25) is 5.91 Å². The average molecular weight is 323 g/mol. The number of hydrogen-bond acceptors (Lipinski definition) is 2. The molecule has 0 aliphatic heterocycles. The van der Waals surface area contributed by atoms with E-state index in [0.717, 1.165) is 17.7 Å². The van der Waals surface area contributed by atoms with Crippen LogP contribution in [0.15, 0.2) is 54.6 Å². The van der Waals surface area contributed by atoms with E-state index in [1.807, 2.05) is 30.3 Å². The lowest BCUT2D eigenvalue weighted by molar-refractivity contribution is -0.121. The Kier molecular flexibility index (Phi) is 5.52. The van der Waals surface area contributed by atoms with Gasteiger partial charge >= 0.3 is 0 Å². The summed E-state index contributed by atoms with van der Waals surface area (Å²) in [6, 6.07) is 18.4. The molecular formula is C21H25NO2. The van der Waals surface area contributed by atoms with E-state index in [4.69, 9.17) is 4.74 Å². The van der Waals surface area contributed by atoms with Gasteiger partial charge in [0.15, 0.2) is 0 Å². The van der Waals surface area contributed by atoms with Gasteiger partial charge in [0.05, 0.1) is 7.11 Å². The van der Waals surface area contributed by atoms with Gasteiger partial charge in [-0.2, -0.15) is 0 Å². The van der Waals surface area contributed by atoms with Gasteiger partial charge in [-0.25, -0.2) is 0 Å². The van der Waals surface area contributed by atoms with Gasteiger partial charge in [0.1, 0.15) is 5.75 Å². The van der Waals surface area contributed by atoms with Crippen molar-refractivity contribution in [3.8, 4) is 5.75 Å². The van der Waals surface area contributed by atoms with Gasteiger partial charge in [0.25, 0.3) is 0 Å². The quantitative estimate of drug-likeness (QED) is 0.799. The van der Waals surface area contributed by atoms with Crippen LogP contribution in [0.2, 0.25) is 0 Å². The number of benzene rings is 2. The van der Waals surface area contributed by atoms with E-state index in [1.54, 1.807) is 7.11 Å². The van der Waals surface area contributed by atoms with Gasteiger partial charge in [0, 0.05) is 13.0 Å². The molecule has 0 aromatic heterocycles. The Morgan fingerprint density at radius 3 is 2.54 bits per heavy atom. The predicted octanol–water partition coefficient (Wildman–Crippen LogP) is 3.94. The summed E-state index contributed by atoms with van der Waals surface area (Å²) < 4.78 is 5.35. The molecule has 0 saturated heterocycles. The van der Waals surface area contributed by atoms with Crippen LogP contribution in [-0.2, 0) is 11.2 Å². The molecule has 3 heteroatoms. The van der Waals surface area contributed by atoms with E-state index in [9.17, 15) is 4.79 Å². The highest BCUT2D eigenvalue weighted by atomic mass is 16.5. The van der Waals surface area contributed by atoms with Crippen molar-refractivity contribution in [1.29, 1.82) is 0 Å². The summed E-state index contributed by atoms with van der Waals surface area (Å²) >= 11 is 0. The Bertz CT molecular complexity index is 665. The first kappa shape index (κ1) is 16.6. The van der Waals surface area contributed by atoms with Crippen molar-refractivity contribution in [2.24, 2.45) is 5.92 Å². The fourth-order valence-corrected chi connectivity index (χ4v) is 3.27. The van der Waals surface area contributed by atoms with Crippen LogP contribution in [0, 0.1) is 5.92 Å². The van der Waals surface area contributed by atoms with Crippen LogP contribution < -0.4 is 10.1 Å². The standard InChI is InChI=1S/C21H25NO2/c1-24-20-10-6-5-9-18(20)13-14-22-21(23)15-19(17-11-12-17)16-7-3-2-4-8-16/h2-10,17,19H,11-15H2,1H3,(H,22,23). The maximum absolute atomic E-state index is 12.4. The lowest BCUT2D eigenvalue weighted by Crippen LogP contribution is -2.27. The minimum Gasteiger partial charge on any atom is -0.496 e.